The van der Waals surface area contributed by atoms with Gasteiger partial charge in [0.2, 0.25) is 0 Å². The van der Waals surface area contributed by atoms with Crippen molar-refractivity contribution >= 4 is 0 Å². The minimum atomic E-state index is 0.252. The van der Waals surface area contributed by atoms with E-state index in [0.29, 0.717) is 5.76 Å². The van der Waals surface area contributed by atoms with Crippen molar-refractivity contribution in [1.82, 2.24) is 0 Å². The van der Waals surface area contributed by atoms with Crippen molar-refractivity contribution in [3.63, 3.8) is 0 Å². The second-order valence-corrected chi connectivity index (χ2v) is 3.37. The first-order chi connectivity index (χ1) is 5.77. The average Bonchev–Trinajstić information content (AvgIpc) is 2.46. The lowest BCUT2D eigenvalue weighted by molar-refractivity contribution is 0.337. The van der Waals surface area contributed by atoms with Crippen molar-refractivity contribution in [3.8, 4) is 0 Å². The molecular weight excluding hydrogens is 148 g/mol. The monoisotopic (exact) mass is 160 g/mol. The molecule has 0 unspecified atom stereocenters. The Hall–Kier alpha value is -1.24. The van der Waals surface area contributed by atoms with Crippen LogP contribution in [0.5, 0.6) is 0 Å². The van der Waals surface area contributed by atoms with Crippen LogP contribution >= 0.6 is 0 Å². The van der Waals surface area contributed by atoms with Gasteiger partial charge in [0.15, 0.2) is 0 Å². The third-order valence-electron chi connectivity index (χ3n) is 2.52. The summed E-state index contributed by atoms with van der Waals surface area (Å²) in [5.74, 6) is 0.577. The zero-order valence-corrected chi connectivity index (χ0v) is 6.96. The molecule has 1 N–H and O–H groups in total. The molecule has 1 aromatic carbocycles. The van der Waals surface area contributed by atoms with Crippen molar-refractivity contribution in [2.24, 2.45) is 5.92 Å². The Morgan fingerprint density at radius 3 is 2.17 bits per heavy atom. The summed E-state index contributed by atoms with van der Waals surface area (Å²) in [5, 5.41) is 9.23. The quantitative estimate of drug-likeness (QED) is 0.626. The number of hydrogen-bond donors (Lipinski definition) is 1. The van der Waals surface area contributed by atoms with Gasteiger partial charge in [-0.3, -0.25) is 0 Å². The number of aliphatic hydroxyl groups is 1. The largest absolute Gasteiger partial charge is 0.513 e. The SMILES string of the molecule is C=C(O)C1Cc2ccccc2C1. The molecule has 0 fully saturated rings. The third-order valence-corrected chi connectivity index (χ3v) is 2.52. The number of hydrogen-bond acceptors (Lipinski definition) is 1. The smallest absolute Gasteiger partial charge is 0.0888 e. The van der Waals surface area contributed by atoms with E-state index in [2.05, 4.69) is 18.7 Å². The molecule has 1 heteroatoms. The first-order valence-corrected chi connectivity index (χ1v) is 4.22. The Morgan fingerprint density at radius 2 is 1.75 bits per heavy atom. The molecule has 62 valence electrons. The van der Waals surface area contributed by atoms with Gasteiger partial charge in [-0.15, -0.1) is 0 Å². The van der Waals surface area contributed by atoms with E-state index in [9.17, 15) is 5.11 Å². The van der Waals surface area contributed by atoms with Gasteiger partial charge in [-0.05, 0) is 24.0 Å². The molecule has 0 spiro atoms. The first kappa shape index (κ1) is 7.41. The van der Waals surface area contributed by atoms with Crippen LogP contribution in [-0.4, -0.2) is 5.11 Å². The summed E-state index contributed by atoms with van der Waals surface area (Å²) in [6.07, 6.45) is 1.90. The molecule has 12 heavy (non-hydrogen) atoms. The summed E-state index contributed by atoms with van der Waals surface area (Å²) in [6, 6.07) is 8.33. The van der Waals surface area contributed by atoms with E-state index in [1.165, 1.54) is 11.1 Å². The minimum absolute atomic E-state index is 0.252. The molecule has 0 aromatic heterocycles. The molecule has 1 aromatic rings. The van der Waals surface area contributed by atoms with E-state index in [0.717, 1.165) is 12.8 Å². The molecule has 2 rings (SSSR count). The van der Waals surface area contributed by atoms with Gasteiger partial charge in [0.1, 0.15) is 0 Å². The Balaban J connectivity index is 2.27. The predicted molar refractivity (Wildman–Crippen MR) is 49.1 cm³/mol. The molecule has 0 saturated heterocycles. The zero-order chi connectivity index (χ0) is 8.55. The van der Waals surface area contributed by atoms with Gasteiger partial charge in [0, 0.05) is 5.92 Å². The van der Waals surface area contributed by atoms with Crippen LogP contribution in [0.15, 0.2) is 36.6 Å². The van der Waals surface area contributed by atoms with Crippen LogP contribution in [0.1, 0.15) is 11.1 Å². The number of aliphatic hydroxyl groups excluding tert-OH is 1. The standard InChI is InChI=1S/C11H12O/c1-8(12)11-6-9-4-2-3-5-10(9)7-11/h2-5,11-12H,1,6-7H2. The van der Waals surface area contributed by atoms with Crippen molar-refractivity contribution in [2.45, 2.75) is 12.8 Å². The highest BCUT2D eigenvalue weighted by molar-refractivity contribution is 5.33. The van der Waals surface area contributed by atoms with E-state index in [-0.39, 0.29) is 5.92 Å². The van der Waals surface area contributed by atoms with Crippen LogP contribution in [0.25, 0.3) is 0 Å². The maximum absolute atomic E-state index is 9.23. The van der Waals surface area contributed by atoms with Gasteiger partial charge in [-0.1, -0.05) is 30.8 Å². The van der Waals surface area contributed by atoms with Crippen LogP contribution in [0, 0.1) is 5.92 Å². The van der Waals surface area contributed by atoms with E-state index in [1.807, 2.05) is 12.1 Å². The van der Waals surface area contributed by atoms with Crippen LogP contribution in [0.3, 0.4) is 0 Å². The van der Waals surface area contributed by atoms with E-state index in [1.54, 1.807) is 0 Å². The second kappa shape index (κ2) is 2.67. The third kappa shape index (κ3) is 1.11. The van der Waals surface area contributed by atoms with Crippen LogP contribution < -0.4 is 0 Å². The topological polar surface area (TPSA) is 20.2 Å². The fourth-order valence-electron chi connectivity index (χ4n) is 1.79. The molecule has 1 aliphatic carbocycles. The Kier molecular flexibility index (Phi) is 1.65. The molecule has 0 bridgehead atoms. The number of benzene rings is 1. The Labute approximate surface area is 72.4 Å². The number of fused-ring (bicyclic) bond motifs is 1. The Morgan fingerprint density at radius 1 is 1.25 bits per heavy atom. The van der Waals surface area contributed by atoms with Crippen LogP contribution in [0.2, 0.25) is 0 Å². The fraction of sp³-hybridized carbons (Fsp3) is 0.273. The molecule has 0 heterocycles. The summed E-state index contributed by atoms with van der Waals surface area (Å²) in [4.78, 5) is 0. The Bertz CT molecular complexity index is 290. The van der Waals surface area contributed by atoms with E-state index >= 15 is 0 Å². The van der Waals surface area contributed by atoms with Crippen molar-refractivity contribution in [3.05, 3.63) is 47.7 Å². The molecule has 0 saturated carbocycles. The number of allylic oxidation sites excluding steroid dienone is 1. The van der Waals surface area contributed by atoms with Crippen molar-refractivity contribution < 1.29 is 5.11 Å². The lowest BCUT2D eigenvalue weighted by atomic mass is 10.1. The van der Waals surface area contributed by atoms with Gasteiger partial charge in [-0.25, -0.2) is 0 Å². The predicted octanol–water partition coefficient (Wildman–Crippen LogP) is 2.47. The zero-order valence-electron chi connectivity index (χ0n) is 6.96. The van der Waals surface area contributed by atoms with Gasteiger partial charge in [0.05, 0.1) is 5.76 Å². The highest BCUT2D eigenvalue weighted by Gasteiger charge is 2.22. The summed E-state index contributed by atoms with van der Waals surface area (Å²) in [7, 11) is 0. The summed E-state index contributed by atoms with van der Waals surface area (Å²) in [5.41, 5.74) is 2.72. The van der Waals surface area contributed by atoms with Crippen LogP contribution in [-0.2, 0) is 12.8 Å². The molecule has 1 nitrogen and oxygen atoms in total. The molecule has 0 atom stereocenters. The number of rotatable bonds is 1. The lowest BCUT2D eigenvalue weighted by Gasteiger charge is -2.04. The van der Waals surface area contributed by atoms with Crippen molar-refractivity contribution in [1.29, 1.82) is 0 Å². The maximum atomic E-state index is 9.23. The van der Waals surface area contributed by atoms with Gasteiger partial charge < -0.3 is 5.11 Å². The minimum Gasteiger partial charge on any atom is -0.513 e. The summed E-state index contributed by atoms with van der Waals surface area (Å²) in [6.45, 7) is 3.58. The lowest BCUT2D eigenvalue weighted by Crippen LogP contribution is -2.01. The molecule has 0 aliphatic heterocycles. The highest BCUT2D eigenvalue weighted by Crippen LogP contribution is 2.29. The summed E-state index contributed by atoms with van der Waals surface area (Å²) < 4.78 is 0. The molecule has 1 aliphatic rings. The second-order valence-electron chi connectivity index (χ2n) is 3.37. The molecular formula is C11H12O. The van der Waals surface area contributed by atoms with Crippen LogP contribution in [0.4, 0.5) is 0 Å². The summed E-state index contributed by atoms with van der Waals surface area (Å²) >= 11 is 0. The fourth-order valence-corrected chi connectivity index (χ4v) is 1.79. The van der Waals surface area contributed by atoms with Gasteiger partial charge >= 0.3 is 0 Å². The van der Waals surface area contributed by atoms with E-state index in [4.69, 9.17) is 0 Å². The molecule has 0 amide bonds. The normalized spacial score (nSPS) is 16.0. The van der Waals surface area contributed by atoms with Gasteiger partial charge in [0.25, 0.3) is 0 Å². The van der Waals surface area contributed by atoms with E-state index < -0.39 is 0 Å². The molecule has 0 radical (unpaired) electrons. The average molecular weight is 160 g/mol. The van der Waals surface area contributed by atoms with Gasteiger partial charge in [-0.2, -0.15) is 0 Å². The first-order valence-electron chi connectivity index (χ1n) is 4.22. The highest BCUT2D eigenvalue weighted by atomic mass is 16.3. The van der Waals surface area contributed by atoms with Crippen molar-refractivity contribution in [2.75, 3.05) is 0 Å². The maximum Gasteiger partial charge on any atom is 0.0888 e.